The van der Waals surface area contributed by atoms with Crippen molar-refractivity contribution in [1.29, 1.82) is 0 Å². The van der Waals surface area contributed by atoms with E-state index in [1.807, 2.05) is 6.92 Å². The molecular weight excluding hydrogens is 426 g/mol. The molecule has 1 aliphatic rings. The fourth-order valence-electron chi connectivity index (χ4n) is 2.26. The first-order valence-electron chi connectivity index (χ1n) is 7.38. The second kappa shape index (κ2) is 10.9. The number of hydrogen-bond donors (Lipinski definition) is 3. The molecular formula is C13H25F3IN5O. The molecule has 1 heterocycles. The van der Waals surface area contributed by atoms with Gasteiger partial charge in [-0.2, -0.15) is 13.2 Å². The van der Waals surface area contributed by atoms with Crippen LogP contribution in [0.4, 0.5) is 13.2 Å². The van der Waals surface area contributed by atoms with Crippen LogP contribution in [0.15, 0.2) is 4.99 Å². The van der Waals surface area contributed by atoms with Crippen LogP contribution >= 0.6 is 24.0 Å². The van der Waals surface area contributed by atoms with Crippen molar-refractivity contribution in [2.45, 2.75) is 32.5 Å². The zero-order valence-electron chi connectivity index (χ0n) is 13.4. The number of likely N-dealkylation sites (tertiary alicyclic amines) is 1. The molecule has 23 heavy (non-hydrogen) atoms. The molecule has 1 atom stereocenters. The van der Waals surface area contributed by atoms with Gasteiger partial charge in [-0.1, -0.05) is 0 Å². The van der Waals surface area contributed by atoms with E-state index in [1.54, 1.807) is 0 Å². The average molecular weight is 451 g/mol. The Kier molecular flexibility index (Phi) is 10.5. The van der Waals surface area contributed by atoms with E-state index in [9.17, 15) is 18.0 Å². The Labute approximate surface area is 151 Å². The van der Waals surface area contributed by atoms with Crippen LogP contribution < -0.4 is 16.0 Å². The Morgan fingerprint density at radius 3 is 2.61 bits per heavy atom. The van der Waals surface area contributed by atoms with Crippen molar-refractivity contribution in [2.24, 2.45) is 4.99 Å². The largest absolute Gasteiger partial charge is 0.401 e. The van der Waals surface area contributed by atoms with Gasteiger partial charge in [0, 0.05) is 39.1 Å². The summed E-state index contributed by atoms with van der Waals surface area (Å²) in [5.41, 5.74) is 0. The number of amides is 1. The molecule has 0 spiro atoms. The van der Waals surface area contributed by atoms with E-state index in [0.29, 0.717) is 45.1 Å². The fourth-order valence-corrected chi connectivity index (χ4v) is 2.26. The Hall–Kier alpha value is -0.780. The molecule has 10 heteroatoms. The van der Waals surface area contributed by atoms with Crippen LogP contribution in [0.5, 0.6) is 0 Å². The third-order valence-corrected chi connectivity index (χ3v) is 3.12. The van der Waals surface area contributed by atoms with Crippen LogP contribution in [0.1, 0.15) is 20.3 Å². The van der Waals surface area contributed by atoms with E-state index in [2.05, 4.69) is 20.9 Å². The van der Waals surface area contributed by atoms with Gasteiger partial charge in [0.15, 0.2) is 5.96 Å². The molecule has 0 aromatic heterocycles. The minimum Gasteiger partial charge on any atom is -0.357 e. The highest BCUT2D eigenvalue weighted by Gasteiger charge is 2.34. The molecule has 0 aromatic rings. The molecule has 1 amide bonds. The first-order valence-corrected chi connectivity index (χ1v) is 7.38. The van der Waals surface area contributed by atoms with Crippen molar-refractivity contribution in [3.8, 4) is 0 Å². The molecule has 3 N–H and O–H groups in total. The molecule has 0 bridgehead atoms. The quantitative estimate of drug-likeness (QED) is 0.243. The van der Waals surface area contributed by atoms with Gasteiger partial charge >= 0.3 is 6.18 Å². The van der Waals surface area contributed by atoms with E-state index < -0.39 is 12.7 Å². The zero-order valence-corrected chi connectivity index (χ0v) is 15.7. The van der Waals surface area contributed by atoms with Gasteiger partial charge in [0.25, 0.3) is 0 Å². The summed E-state index contributed by atoms with van der Waals surface area (Å²) in [6, 6.07) is -0.0547. The van der Waals surface area contributed by atoms with Crippen LogP contribution in [-0.2, 0) is 4.79 Å². The molecule has 1 unspecified atom stereocenters. The Bertz CT molecular complexity index is 392. The summed E-state index contributed by atoms with van der Waals surface area (Å²) < 4.78 is 37.1. The third-order valence-electron chi connectivity index (χ3n) is 3.12. The molecule has 1 saturated heterocycles. The van der Waals surface area contributed by atoms with Crippen LogP contribution in [0.25, 0.3) is 0 Å². The van der Waals surface area contributed by atoms with Crippen LogP contribution in [0.3, 0.4) is 0 Å². The van der Waals surface area contributed by atoms with Crippen molar-refractivity contribution in [1.82, 2.24) is 20.9 Å². The summed E-state index contributed by atoms with van der Waals surface area (Å²) in [5.74, 6) is 0.443. The highest BCUT2D eigenvalue weighted by atomic mass is 127. The maximum absolute atomic E-state index is 12.4. The molecule has 1 aliphatic heterocycles. The Morgan fingerprint density at radius 2 is 2.04 bits per heavy atom. The van der Waals surface area contributed by atoms with Gasteiger partial charge in [0.1, 0.15) is 0 Å². The highest BCUT2D eigenvalue weighted by molar-refractivity contribution is 14.0. The number of aliphatic imine (C=N–C) groups is 1. The van der Waals surface area contributed by atoms with Gasteiger partial charge < -0.3 is 16.0 Å². The lowest BCUT2D eigenvalue weighted by Gasteiger charge is -2.19. The predicted molar refractivity (Wildman–Crippen MR) is 94.1 cm³/mol. The van der Waals surface area contributed by atoms with Crippen LogP contribution in [0, 0.1) is 0 Å². The third kappa shape index (κ3) is 10.6. The Balaban J connectivity index is 0.00000484. The topological polar surface area (TPSA) is 68.8 Å². The van der Waals surface area contributed by atoms with E-state index in [1.165, 1.54) is 11.8 Å². The van der Waals surface area contributed by atoms with Crippen molar-refractivity contribution in [3.63, 3.8) is 0 Å². The van der Waals surface area contributed by atoms with Gasteiger partial charge in [-0.05, 0) is 13.3 Å². The van der Waals surface area contributed by atoms with E-state index in [4.69, 9.17) is 0 Å². The molecule has 0 radical (unpaired) electrons. The fraction of sp³-hybridized carbons (Fsp3) is 0.846. The molecule has 0 aliphatic carbocycles. The highest BCUT2D eigenvalue weighted by Crippen LogP contribution is 2.19. The predicted octanol–water partition coefficient (Wildman–Crippen LogP) is 0.932. The van der Waals surface area contributed by atoms with E-state index in [0.717, 1.165) is 0 Å². The maximum atomic E-state index is 12.4. The number of nitrogens with one attached hydrogen (secondary N) is 3. The summed E-state index contributed by atoms with van der Waals surface area (Å²) in [4.78, 5) is 16.4. The number of guanidine groups is 1. The number of alkyl halides is 3. The van der Waals surface area contributed by atoms with Gasteiger partial charge in [-0.15, -0.1) is 24.0 Å². The summed E-state index contributed by atoms with van der Waals surface area (Å²) >= 11 is 0. The van der Waals surface area contributed by atoms with Gasteiger partial charge in [0.05, 0.1) is 13.1 Å². The van der Waals surface area contributed by atoms with E-state index >= 15 is 0 Å². The number of rotatable bonds is 6. The smallest absolute Gasteiger partial charge is 0.357 e. The normalized spacial score (nSPS) is 19.2. The summed E-state index contributed by atoms with van der Waals surface area (Å²) in [5, 5.41) is 8.82. The van der Waals surface area contributed by atoms with Crippen LogP contribution in [0.2, 0.25) is 0 Å². The number of hydrogen-bond acceptors (Lipinski definition) is 3. The molecule has 136 valence electrons. The monoisotopic (exact) mass is 451 g/mol. The second-order valence-corrected chi connectivity index (χ2v) is 5.22. The lowest BCUT2D eigenvalue weighted by atomic mass is 10.3. The second-order valence-electron chi connectivity index (χ2n) is 5.22. The van der Waals surface area contributed by atoms with Gasteiger partial charge in [-0.3, -0.25) is 14.7 Å². The molecule has 6 nitrogen and oxygen atoms in total. The summed E-state index contributed by atoms with van der Waals surface area (Å²) in [6.45, 7) is 4.73. The average Bonchev–Trinajstić information content (AvgIpc) is 2.79. The minimum absolute atomic E-state index is 0. The van der Waals surface area contributed by atoms with Crippen LogP contribution in [-0.4, -0.2) is 68.3 Å². The van der Waals surface area contributed by atoms with Crippen molar-refractivity contribution >= 4 is 35.8 Å². The van der Waals surface area contributed by atoms with Crippen molar-refractivity contribution in [2.75, 3.05) is 39.3 Å². The zero-order chi connectivity index (χ0) is 16.6. The first kappa shape index (κ1) is 22.2. The SMILES string of the molecule is CCNC(=NCCNC(C)=O)NC1CCN(CC(F)(F)F)C1.I. The number of carbonyl (C=O) groups excluding carboxylic acids is 1. The maximum Gasteiger partial charge on any atom is 0.401 e. The minimum atomic E-state index is -4.16. The number of carbonyl (C=O) groups is 1. The summed E-state index contributed by atoms with van der Waals surface area (Å²) in [7, 11) is 0. The van der Waals surface area contributed by atoms with Crippen molar-refractivity contribution < 1.29 is 18.0 Å². The van der Waals surface area contributed by atoms with E-state index in [-0.39, 0.29) is 35.9 Å². The van der Waals surface area contributed by atoms with Gasteiger partial charge in [0.2, 0.25) is 5.91 Å². The molecule has 0 saturated carbocycles. The standard InChI is InChI=1S/C13H24F3N5O.HI/c1-3-17-12(19-6-5-18-10(2)22)20-11-4-7-21(8-11)9-13(14,15)16;/h11H,3-9H2,1-2H3,(H,18,22)(H2,17,19,20);1H. The lowest BCUT2D eigenvalue weighted by molar-refractivity contribution is -0.143. The molecule has 1 rings (SSSR count). The molecule has 1 fully saturated rings. The van der Waals surface area contributed by atoms with Crippen molar-refractivity contribution in [3.05, 3.63) is 0 Å². The Morgan fingerprint density at radius 1 is 1.35 bits per heavy atom. The molecule has 0 aromatic carbocycles. The summed E-state index contributed by atoms with van der Waals surface area (Å²) in [6.07, 6.45) is -3.52. The first-order chi connectivity index (χ1) is 10.3. The number of halogens is 4. The number of nitrogens with zero attached hydrogens (tertiary/aromatic N) is 2. The lowest BCUT2D eigenvalue weighted by Crippen LogP contribution is -2.45. The van der Waals surface area contributed by atoms with Gasteiger partial charge in [-0.25, -0.2) is 0 Å².